The molecule has 1 heterocycles. The van der Waals surface area contributed by atoms with Gasteiger partial charge in [0.2, 0.25) is 0 Å². The van der Waals surface area contributed by atoms with E-state index in [0.29, 0.717) is 17.4 Å². The van der Waals surface area contributed by atoms with Crippen LogP contribution in [0.25, 0.3) is 0 Å². The standard InChI is InChI=1S/C10H10BrNO/c1-2-3-4-7-12-8-5-6-9(11)10(12)13/h1,5-6,8H,3-4,7H2. The second-order valence-electron chi connectivity index (χ2n) is 2.66. The van der Waals surface area contributed by atoms with Gasteiger partial charge >= 0.3 is 0 Å². The van der Waals surface area contributed by atoms with Gasteiger partial charge in [-0.3, -0.25) is 4.79 Å². The Hall–Kier alpha value is -1.01. The molecule has 1 aromatic rings. The summed E-state index contributed by atoms with van der Waals surface area (Å²) in [7, 11) is 0. The molecule has 0 saturated heterocycles. The molecule has 0 aliphatic carbocycles. The van der Waals surface area contributed by atoms with Crippen molar-refractivity contribution in [3.63, 3.8) is 0 Å². The summed E-state index contributed by atoms with van der Waals surface area (Å²) in [6.07, 6.45) is 8.43. The molecule has 0 atom stereocenters. The molecular formula is C10H10BrNO. The molecule has 0 spiro atoms. The van der Waals surface area contributed by atoms with Crippen LogP contribution in [0.4, 0.5) is 0 Å². The van der Waals surface area contributed by atoms with Crippen molar-refractivity contribution < 1.29 is 0 Å². The number of nitrogens with zero attached hydrogens (tertiary/aromatic N) is 1. The van der Waals surface area contributed by atoms with Crippen molar-refractivity contribution in [2.24, 2.45) is 0 Å². The number of unbranched alkanes of at least 4 members (excludes halogenated alkanes) is 1. The fourth-order valence-electron chi connectivity index (χ4n) is 1.04. The normalized spacial score (nSPS) is 9.54. The molecule has 2 nitrogen and oxygen atoms in total. The van der Waals surface area contributed by atoms with Gasteiger partial charge in [0.15, 0.2) is 0 Å². The lowest BCUT2D eigenvalue weighted by atomic mass is 10.3. The van der Waals surface area contributed by atoms with Crippen LogP contribution in [0, 0.1) is 12.3 Å². The fourth-order valence-corrected chi connectivity index (χ4v) is 1.42. The molecule has 0 unspecified atom stereocenters. The van der Waals surface area contributed by atoms with Crippen molar-refractivity contribution in [2.45, 2.75) is 19.4 Å². The summed E-state index contributed by atoms with van der Waals surface area (Å²) in [6, 6.07) is 3.57. The average Bonchev–Trinajstić information content (AvgIpc) is 2.13. The number of rotatable bonds is 3. The zero-order chi connectivity index (χ0) is 9.68. The predicted octanol–water partition coefficient (Wildman–Crippen LogP) is 2.02. The highest BCUT2D eigenvalue weighted by atomic mass is 79.9. The summed E-state index contributed by atoms with van der Waals surface area (Å²) in [5.41, 5.74) is -0.000443. The van der Waals surface area contributed by atoms with Crippen LogP contribution in [-0.4, -0.2) is 4.57 Å². The van der Waals surface area contributed by atoms with E-state index in [2.05, 4.69) is 21.9 Å². The third-order valence-electron chi connectivity index (χ3n) is 1.69. The number of pyridine rings is 1. The summed E-state index contributed by atoms with van der Waals surface area (Å²) in [5.74, 6) is 2.54. The average molecular weight is 240 g/mol. The molecule has 3 heteroatoms. The third kappa shape index (κ3) is 2.74. The first kappa shape index (κ1) is 10.1. The van der Waals surface area contributed by atoms with Crippen LogP contribution in [0.2, 0.25) is 0 Å². The molecule has 0 aliphatic rings. The Labute approximate surface area is 85.7 Å². The molecule has 0 aromatic carbocycles. The van der Waals surface area contributed by atoms with Crippen molar-refractivity contribution in [2.75, 3.05) is 0 Å². The van der Waals surface area contributed by atoms with Gasteiger partial charge in [0.05, 0.1) is 4.47 Å². The molecule has 0 radical (unpaired) electrons. The van der Waals surface area contributed by atoms with Crippen molar-refractivity contribution in [1.82, 2.24) is 4.57 Å². The molecule has 68 valence electrons. The predicted molar refractivity (Wildman–Crippen MR) is 56.5 cm³/mol. The first-order valence-corrected chi connectivity index (χ1v) is 4.83. The third-order valence-corrected chi connectivity index (χ3v) is 2.30. The lowest BCUT2D eigenvalue weighted by Crippen LogP contribution is -2.19. The van der Waals surface area contributed by atoms with Crippen molar-refractivity contribution >= 4 is 15.9 Å². The molecule has 13 heavy (non-hydrogen) atoms. The van der Waals surface area contributed by atoms with Crippen molar-refractivity contribution in [1.29, 1.82) is 0 Å². The zero-order valence-corrected chi connectivity index (χ0v) is 8.75. The van der Waals surface area contributed by atoms with E-state index in [9.17, 15) is 4.79 Å². The van der Waals surface area contributed by atoms with Gasteiger partial charge in [0.25, 0.3) is 5.56 Å². The van der Waals surface area contributed by atoms with E-state index in [1.165, 1.54) is 0 Å². The topological polar surface area (TPSA) is 22.0 Å². The summed E-state index contributed by atoms with van der Waals surface area (Å²) in [6.45, 7) is 0.683. The Kier molecular flexibility index (Phi) is 3.78. The lowest BCUT2D eigenvalue weighted by Gasteiger charge is -2.03. The van der Waals surface area contributed by atoms with Gasteiger partial charge < -0.3 is 4.57 Å². The maximum absolute atomic E-state index is 11.4. The van der Waals surface area contributed by atoms with Gasteiger partial charge in [-0.1, -0.05) is 0 Å². The van der Waals surface area contributed by atoms with Crippen LogP contribution in [0.5, 0.6) is 0 Å². The molecule has 0 fully saturated rings. The molecule has 0 aliphatic heterocycles. The maximum atomic E-state index is 11.4. The van der Waals surface area contributed by atoms with Crippen LogP contribution < -0.4 is 5.56 Å². The van der Waals surface area contributed by atoms with Crippen LogP contribution >= 0.6 is 15.9 Å². The minimum atomic E-state index is -0.000443. The van der Waals surface area contributed by atoms with Gasteiger partial charge in [-0.2, -0.15) is 0 Å². The van der Waals surface area contributed by atoms with E-state index in [0.717, 1.165) is 6.42 Å². The first-order valence-electron chi connectivity index (χ1n) is 4.04. The highest BCUT2D eigenvalue weighted by Crippen LogP contribution is 2.01. The number of terminal acetylenes is 1. The van der Waals surface area contributed by atoms with E-state index in [-0.39, 0.29) is 5.56 Å². The summed E-state index contributed by atoms with van der Waals surface area (Å²) in [4.78, 5) is 11.4. The summed E-state index contributed by atoms with van der Waals surface area (Å²) in [5, 5.41) is 0. The number of hydrogen-bond donors (Lipinski definition) is 0. The lowest BCUT2D eigenvalue weighted by molar-refractivity contribution is 0.631. The number of aryl methyl sites for hydroxylation is 1. The summed E-state index contributed by atoms with van der Waals surface area (Å²) >= 11 is 3.18. The highest BCUT2D eigenvalue weighted by Gasteiger charge is 1.97. The fraction of sp³-hybridized carbons (Fsp3) is 0.300. The molecule has 0 saturated carbocycles. The van der Waals surface area contributed by atoms with E-state index < -0.39 is 0 Å². The van der Waals surface area contributed by atoms with Crippen LogP contribution in [0.1, 0.15) is 12.8 Å². The van der Waals surface area contributed by atoms with E-state index >= 15 is 0 Å². The second kappa shape index (κ2) is 4.88. The van der Waals surface area contributed by atoms with Crippen LogP contribution in [0.15, 0.2) is 27.6 Å². The number of halogens is 1. The smallest absolute Gasteiger partial charge is 0.264 e. The Morgan fingerprint density at radius 1 is 1.62 bits per heavy atom. The summed E-state index contributed by atoms with van der Waals surface area (Å²) < 4.78 is 2.25. The monoisotopic (exact) mass is 239 g/mol. The molecule has 0 N–H and O–H groups in total. The number of aromatic nitrogens is 1. The molecule has 0 bridgehead atoms. The first-order chi connectivity index (χ1) is 6.25. The second-order valence-corrected chi connectivity index (χ2v) is 3.52. The maximum Gasteiger partial charge on any atom is 0.264 e. The molecule has 0 amide bonds. The largest absolute Gasteiger partial charge is 0.315 e. The Morgan fingerprint density at radius 2 is 2.38 bits per heavy atom. The van der Waals surface area contributed by atoms with Gasteiger partial charge in [-0.15, -0.1) is 12.3 Å². The highest BCUT2D eigenvalue weighted by molar-refractivity contribution is 9.10. The van der Waals surface area contributed by atoms with Crippen LogP contribution in [0.3, 0.4) is 0 Å². The Bertz CT molecular complexity index is 375. The van der Waals surface area contributed by atoms with Crippen molar-refractivity contribution in [3.8, 4) is 12.3 Å². The van der Waals surface area contributed by atoms with Gasteiger partial charge in [0.1, 0.15) is 0 Å². The van der Waals surface area contributed by atoms with Gasteiger partial charge in [0, 0.05) is 19.2 Å². The van der Waals surface area contributed by atoms with Crippen LogP contribution in [-0.2, 0) is 6.54 Å². The van der Waals surface area contributed by atoms with Gasteiger partial charge in [-0.25, -0.2) is 0 Å². The van der Waals surface area contributed by atoms with Gasteiger partial charge in [-0.05, 0) is 34.5 Å². The molecular weight excluding hydrogens is 230 g/mol. The zero-order valence-electron chi connectivity index (χ0n) is 7.16. The van der Waals surface area contributed by atoms with E-state index in [1.54, 1.807) is 16.8 Å². The Balaban J connectivity index is 2.73. The SMILES string of the molecule is C#CCCCn1cccc(Br)c1=O. The van der Waals surface area contributed by atoms with E-state index in [4.69, 9.17) is 6.42 Å². The number of hydrogen-bond acceptors (Lipinski definition) is 1. The van der Waals surface area contributed by atoms with Crippen molar-refractivity contribution in [3.05, 3.63) is 33.2 Å². The molecule has 1 aromatic heterocycles. The van der Waals surface area contributed by atoms with E-state index in [1.807, 2.05) is 6.07 Å². The minimum absolute atomic E-state index is 0.000443. The quantitative estimate of drug-likeness (QED) is 0.585. The minimum Gasteiger partial charge on any atom is -0.315 e. The molecule has 1 rings (SSSR count). The Morgan fingerprint density at radius 3 is 3.08 bits per heavy atom.